The number of carbonyl (C=O) groups is 1. The molecule has 24 heavy (non-hydrogen) atoms. The zero-order valence-electron chi connectivity index (χ0n) is 14.0. The van der Waals surface area contributed by atoms with Crippen LogP contribution in [0.25, 0.3) is 0 Å². The Morgan fingerprint density at radius 3 is 2.46 bits per heavy atom. The van der Waals surface area contributed by atoms with Crippen LogP contribution in [0.5, 0.6) is 5.75 Å². The van der Waals surface area contributed by atoms with E-state index in [-0.39, 0.29) is 16.7 Å². The van der Waals surface area contributed by atoms with Crippen LogP contribution in [0.4, 0.5) is 0 Å². The van der Waals surface area contributed by atoms with Gasteiger partial charge in [-0.25, -0.2) is 8.42 Å². The number of hydrogen-bond acceptors (Lipinski definition) is 4. The maximum absolute atomic E-state index is 12.8. The minimum atomic E-state index is -3.53. The van der Waals surface area contributed by atoms with Crippen LogP contribution in [0, 0.1) is 5.92 Å². The highest BCUT2D eigenvalue weighted by Crippen LogP contribution is 2.31. The van der Waals surface area contributed by atoms with E-state index in [1.54, 1.807) is 24.3 Å². The summed E-state index contributed by atoms with van der Waals surface area (Å²) in [6.07, 6.45) is 2.63. The smallest absolute Gasteiger partial charge is 0.243 e. The van der Waals surface area contributed by atoms with E-state index in [9.17, 15) is 13.2 Å². The van der Waals surface area contributed by atoms with E-state index in [1.165, 1.54) is 4.31 Å². The van der Waals surface area contributed by atoms with Crippen LogP contribution in [0.3, 0.4) is 0 Å². The molecule has 132 valence electrons. The third-order valence-electron chi connectivity index (χ3n) is 4.47. The molecule has 2 fully saturated rings. The normalized spacial score (nSPS) is 19.8. The maximum atomic E-state index is 12.8. The number of benzene rings is 1. The Morgan fingerprint density at radius 2 is 1.83 bits per heavy atom. The number of hydrogen-bond donors (Lipinski definition) is 0. The van der Waals surface area contributed by atoms with Crippen molar-refractivity contribution < 1.29 is 17.9 Å². The Labute approximate surface area is 143 Å². The van der Waals surface area contributed by atoms with Crippen LogP contribution >= 0.6 is 0 Å². The molecule has 0 atom stereocenters. The van der Waals surface area contributed by atoms with E-state index in [0.717, 1.165) is 12.8 Å². The third-order valence-corrected chi connectivity index (χ3v) is 6.38. The maximum Gasteiger partial charge on any atom is 0.243 e. The molecule has 1 aromatic carbocycles. The molecule has 0 aromatic heterocycles. The molecule has 7 heteroatoms. The Bertz CT molecular complexity index is 683. The van der Waals surface area contributed by atoms with E-state index >= 15 is 0 Å². The molecule has 0 unspecified atom stereocenters. The van der Waals surface area contributed by atoms with E-state index in [0.29, 0.717) is 45.0 Å². The second-order valence-electron chi connectivity index (χ2n) is 6.26. The summed E-state index contributed by atoms with van der Waals surface area (Å²) >= 11 is 0. The number of nitrogens with zero attached hydrogens (tertiary/aromatic N) is 2. The second kappa shape index (κ2) is 7.11. The van der Waals surface area contributed by atoms with Crippen LogP contribution in [0.1, 0.15) is 26.2 Å². The van der Waals surface area contributed by atoms with Gasteiger partial charge >= 0.3 is 0 Å². The first-order valence-electron chi connectivity index (χ1n) is 8.54. The molecule has 6 nitrogen and oxygen atoms in total. The van der Waals surface area contributed by atoms with Crippen LogP contribution in [0.15, 0.2) is 29.2 Å². The summed E-state index contributed by atoms with van der Waals surface area (Å²) in [5, 5.41) is 0. The fraction of sp³-hybridized carbons (Fsp3) is 0.588. The van der Waals surface area contributed by atoms with Gasteiger partial charge in [-0.2, -0.15) is 4.31 Å². The van der Waals surface area contributed by atoms with Crippen molar-refractivity contribution in [1.29, 1.82) is 0 Å². The molecule has 1 amide bonds. The van der Waals surface area contributed by atoms with Gasteiger partial charge in [0.2, 0.25) is 15.9 Å². The van der Waals surface area contributed by atoms with Crippen LogP contribution < -0.4 is 4.74 Å². The summed E-state index contributed by atoms with van der Waals surface area (Å²) in [6.45, 7) is 4.36. The van der Waals surface area contributed by atoms with Crippen molar-refractivity contribution in [3.05, 3.63) is 24.3 Å². The topological polar surface area (TPSA) is 66.9 Å². The molecule has 0 N–H and O–H groups in total. The van der Waals surface area contributed by atoms with Crippen molar-refractivity contribution in [2.24, 2.45) is 5.92 Å². The Balaban J connectivity index is 1.68. The van der Waals surface area contributed by atoms with Crippen molar-refractivity contribution in [3.8, 4) is 5.75 Å². The lowest BCUT2D eigenvalue weighted by molar-refractivity contribution is -0.132. The lowest BCUT2D eigenvalue weighted by Gasteiger charge is -2.22. The standard InChI is InChI=1S/C17H24N2O4S/c1-2-23-15-6-8-16(9-7-15)24(21,22)19-11-3-10-18(12-13-19)17(20)14-4-5-14/h6-9,14H,2-5,10-13H2,1H3. The van der Waals surface area contributed by atoms with Crippen molar-refractivity contribution in [3.63, 3.8) is 0 Å². The predicted molar refractivity (Wildman–Crippen MR) is 90.3 cm³/mol. The molecule has 1 saturated heterocycles. The van der Waals surface area contributed by atoms with Gasteiger partial charge in [-0.15, -0.1) is 0 Å². The van der Waals surface area contributed by atoms with Gasteiger partial charge in [0.25, 0.3) is 0 Å². The second-order valence-corrected chi connectivity index (χ2v) is 8.20. The zero-order chi connectivity index (χ0) is 17.2. The molecule has 3 rings (SSSR count). The summed E-state index contributed by atoms with van der Waals surface area (Å²) in [6, 6.07) is 6.52. The highest BCUT2D eigenvalue weighted by atomic mass is 32.2. The number of carbonyl (C=O) groups excluding carboxylic acids is 1. The molecule has 0 bridgehead atoms. The quantitative estimate of drug-likeness (QED) is 0.809. The molecule has 1 aliphatic carbocycles. The van der Waals surface area contributed by atoms with Gasteiger partial charge in [0.1, 0.15) is 5.75 Å². The highest BCUT2D eigenvalue weighted by molar-refractivity contribution is 7.89. The molecule has 1 heterocycles. The van der Waals surface area contributed by atoms with Crippen molar-refractivity contribution in [2.75, 3.05) is 32.8 Å². The minimum absolute atomic E-state index is 0.180. The van der Waals surface area contributed by atoms with Crippen LogP contribution in [0.2, 0.25) is 0 Å². The van der Waals surface area contributed by atoms with E-state index in [4.69, 9.17) is 4.74 Å². The molecule has 2 aliphatic rings. The minimum Gasteiger partial charge on any atom is -0.494 e. The van der Waals surface area contributed by atoms with E-state index in [2.05, 4.69) is 0 Å². The first kappa shape index (κ1) is 17.2. The summed E-state index contributed by atoms with van der Waals surface area (Å²) in [5.74, 6) is 1.03. The van der Waals surface area contributed by atoms with Gasteiger partial charge in [-0.05, 0) is 50.5 Å². The van der Waals surface area contributed by atoms with E-state index < -0.39 is 10.0 Å². The number of sulfonamides is 1. The lowest BCUT2D eigenvalue weighted by Crippen LogP contribution is -2.37. The number of ether oxygens (including phenoxy) is 1. The predicted octanol–water partition coefficient (Wildman–Crippen LogP) is 1.72. The lowest BCUT2D eigenvalue weighted by atomic mass is 10.3. The van der Waals surface area contributed by atoms with Crippen molar-refractivity contribution >= 4 is 15.9 Å². The number of rotatable bonds is 5. The molecular weight excluding hydrogens is 328 g/mol. The molecular formula is C17H24N2O4S. The Kier molecular flexibility index (Phi) is 5.10. The molecule has 0 radical (unpaired) electrons. The largest absolute Gasteiger partial charge is 0.494 e. The fourth-order valence-electron chi connectivity index (χ4n) is 2.97. The van der Waals surface area contributed by atoms with Gasteiger partial charge in [0, 0.05) is 32.1 Å². The Hall–Kier alpha value is -1.60. The Morgan fingerprint density at radius 1 is 1.12 bits per heavy atom. The van der Waals surface area contributed by atoms with Crippen LogP contribution in [-0.4, -0.2) is 56.3 Å². The monoisotopic (exact) mass is 352 g/mol. The zero-order valence-corrected chi connectivity index (χ0v) is 14.8. The van der Waals surface area contributed by atoms with E-state index in [1.807, 2.05) is 11.8 Å². The van der Waals surface area contributed by atoms with Gasteiger partial charge in [-0.3, -0.25) is 4.79 Å². The SMILES string of the molecule is CCOc1ccc(S(=O)(=O)N2CCCN(C(=O)C3CC3)CC2)cc1. The third kappa shape index (κ3) is 3.72. The van der Waals surface area contributed by atoms with Gasteiger partial charge in [0.05, 0.1) is 11.5 Å². The summed E-state index contributed by atoms with van der Waals surface area (Å²) < 4.78 is 32.5. The van der Waals surface area contributed by atoms with Crippen LogP contribution in [-0.2, 0) is 14.8 Å². The highest BCUT2D eigenvalue weighted by Gasteiger charge is 2.35. The summed E-state index contributed by atoms with van der Waals surface area (Å²) in [4.78, 5) is 14.3. The average molecular weight is 352 g/mol. The molecule has 1 saturated carbocycles. The molecule has 0 spiro atoms. The first-order chi connectivity index (χ1) is 11.5. The molecule has 1 aromatic rings. The summed E-state index contributed by atoms with van der Waals surface area (Å²) in [7, 11) is -3.53. The number of amides is 1. The van der Waals surface area contributed by atoms with Gasteiger partial charge in [0.15, 0.2) is 0 Å². The van der Waals surface area contributed by atoms with Crippen molar-refractivity contribution in [2.45, 2.75) is 31.1 Å². The van der Waals surface area contributed by atoms with Crippen molar-refractivity contribution in [1.82, 2.24) is 9.21 Å². The van der Waals surface area contributed by atoms with Gasteiger partial charge < -0.3 is 9.64 Å². The molecule has 1 aliphatic heterocycles. The fourth-order valence-corrected chi connectivity index (χ4v) is 4.44. The summed E-state index contributed by atoms with van der Waals surface area (Å²) in [5.41, 5.74) is 0. The first-order valence-corrected chi connectivity index (χ1v) is 9.98. The average Bonchev–Trinajstić information content (AvgIpc) is 3.41. The van der Waals surface area contributed by atoms with Gasteiger partial charge in [-0.1, -0.05) is 0 Å².